The number of aromatic nitrogens is 1. The van der Waals surface area contributed by atoms with Gasteiger partial charge in [-0.05, 0) is 48.5 Å². The van der Waals surface area contributed by atoms with E-state index >= 15 is 0 Å². The maximum Gasteiger partial charge on any atom is 0.261 e. The van der Waals surface area contributed by atoms with Crippen LogP contribution in [0.15, 0.2) is 94.0 Å². The monoisotopic (exact) mass is 511 g/mol. The average Bonchev–Trinajstić information content (AvgIpc) is 3.32. The van der Waals surface area contributed by atoms with Gasteiger partial charge < -0.3 is 10.1 Å². The lowest BCUT2D eigenvalue weighted by atomic mass is 10.2. The normalized spacial score (nSPS) is 11.1. The number of hydrogen-bond donors (Lipinski definition) is 2. The van der Waals surface area contributed by atoms with E-state index in [0.29, 0.717) is 10.8 Å². The fourth-order valence-electron chi connectivity index (χ4n) is 2.98. The van der Waals surface area contributed by atoms with Gasteiger partial charge in [0.15, 0.2) is 5.13 Å². The molecule has 0 aliphatic carbocycles. The maximum absolute atomic E-state index is 12.4. The molecule has 10 heteroatoms. The van der Waals surface area contributed by atoms with Gasteiger partial charge in [-0.15, -0.1) is 23.1 Å². The zero-order valence-corrected chi connectivity index (χ0v) is 20.5. The van der Waals surface area contributed by atoms with Crippen LogP contribution in [0, 0.1) is 0 Å². The maximum atomic E-state index is 12.4. The number of sulfonamides is 1. The summed E-state index contributed by atoms with van der Waals surface area (Å²) in [6.45, 7) is 0. The molecule has 0 fully saturated rings. The predicted octanol–water partition coefficient (Wildman–Crippen LogP) is 5.35. The van der Waals surface area contributed by atoms with E-state index in [1.807, 2.05) is 29.6 Å². The number of ether oxygens (including phenoxy) is 1. The number of nitrogens with zero attached hydrogens (tertiary/aromatic N) is 1. The van der Waals surface area contributed by atoms with Crippen molar-refractivity contribution in [1.82, 2.24) is 4.98 Å². The molecule has 0 spiro atoms. The number of rotatable bonds is 9. The van der Waals surface area contributed by atoms with Crippen molar-refractivity contribution in [2.75, 3.05) is 22.9 Å². The van der Waals surface area contributed by atoms with E-state index < -0.39 is 10.0 Å². The fourth-order valence-corrected chi connectivity index (χ4v) is 5.50. The second-order valence-corrected chi connectivity index (χ2v) is 10.6. The van der Waals surface area contributed by atoms with Crippen molar-refractivity contribution >= 4 is 49.8 Å². The van der Waals surface area contributed by atoms with E-state index in [4.69, 9.17) is 4.74 Å². The second kappa shape index (κ2) is 10.7. The van der Waals surface area contributed by atoms with Gasteiger partial charge in [-0.2, -0.15) is 0 Å². The van der Waals surface area contributed by atoms with Gasteiger partial charge in [0, 0.05) is 21.5 Å². The molecule has 34 heavy (non-hydrogen) atoms. The van der Waals surface area contributed by atoms with Crippen molar-refractivity contribution in [3.63, 3.8) is 0 Å². The highest BCUT2D eigenvalue weighted by atomic mass is 32.2. The summed E-state index contributed by atoms with van der Waals surface area (Å²) in [5.41, 5.74) is 2.12. The standard InChI is InChI=1S/C24H21N3O4S3/c1-31-19-7-5-6-17(14-19)22-15-33-24(25-22)26-23(28)16-32-20-12-10-18(11-13-20)27-34(29,30)21-8-3-2-4-9-21/h2-15,27H,16H2,1H3,(H,25,26,28). The molecule has 0 saturated carbocycles. The Bertz CT molecular complexity index is 1370. The van der Waals surface area contributed by atoms with E-state index in [0.717, 1.165) is 21.9 Å². The molecular weight excluding hydrogens is 490 g/mol. The zero-order valence-electron chi connectivity index (χ0n) is 18.1. The molecule has 4 aromatic rings. The summed E-state index contributed by atoms with van der Waals surface area (Å²) in [7, 11) is -2.03. The van der Waals surface area contributed by atoms with Crippen molar-refractivity contribution < 1.29 is 17.9 Å². The van der Waals surface area contributed by atoms with E-state index in [1.54, 1.807) is 49.6 Å². The highest BCUT2D eigenvalue weighted by Crippen LogP contribution is 2.28. The lowest BCUT2D eigenvalue weighted by Crippen LogP contribution is -2.14. The first-order valence-electron chi connectivity index (χ1n) is 10.1. The fraction of sp³-hybridized carbons (Fsp3) is 0.0833. The molecule has 0 saturated heterocycles. The minimum absolute atomic E-state index is 0.176. The number of methoxy groups -OCH3 is 1. The Balaban J connectivity index is 1.30. The van der Waals surface area contributed by atoms with Crippen LogP contribution in [0.3, 0.4) is 0 Å². The third-order valence-corrected chi connectivity index (χ3v) is 7.81. The summed E-state index contributed by atoms with van der Waals surface area (Å²) < 4.78 is 32.6. The predicted molar refractivity (Wildman–Crippen MR) is 137 cm³/mol. The lowest BCUT2D eigenvalue weighted by molar-refractivity contribution is -0.113. The molecule has 3 aromatic carbocycles. The molecule has 0 radical (unpaired) electrons. The van der Waals surface area contributed by atoms with Crippen LogP contribution in [0.5, 0.6) is 5.75 Å². The van der Waals surface area contributed by atoms with Gasteiger partial charge in [-0.1, -0.05) is 30.3 Å². The molecule has 1 amide bonds. The zero-order chi connectivity index (χ0) is 24.0. The highest BCUT2D eigenvalue weighted by Gasteiger charge is 2.14. The number of thioether (sulfide) groups is 1. The molecule has 0 atom stereocenters. The second-order valence-electron chi connectivity index (χ2n) is 7.05. The Morgan fingerprint density at radius 1 is 1.03 bits per heavy atom. The number of nitrogens with one attached hydrogen (secondary N) is 2. The molecule has 1 aromatic heterocycles. The van der Waals surface area contributed by atoms with Crippen molar-refractivity contribution in [2.45, 2.75) is 9.79 Å². The van der Waals surface area contributed by atoms with Crippen LogP contribution in [0.4, 0.5) is 10.8 Å². The van der Waals surface area contributed by atoms with E-state index in [2.05, 4.69) is 15.0 Å². The highest BCUT2D eigenvalue weighted by molar-refractivity contribution is 8.00. The number of thiazole rings is 1. The van der Waals surface area contributed by atoms with Crippen molar-refractivity contribution in [3.05, 3.63) is 84.2 Å². The molecule has 174 valence electrons. The summed E-state index contributed by atoms with van der Waals surface area (Å²) in [6, 6.07) is 22.6. The van der Waals surface area contributed by atoms with Gasteiger partial charge in [-0.3, -0.25) is 9.52 Å². The lowest BCUT2D eigenvalue weighted by Gasteiger charge is -2.09. The minimum atomic E-state index is -3.64. The van der Waals surface area contributed by atoms with Crippen LogP contribution in [0.25, 0.3) is 11.3 Å². The summed E-state index contributed by atoms with van der Waals surface area (Å²) in [5, 5.41) is 5.22. The van der Waals surface area contributed by atoms with Crippen LogP contribution in [0.2, 0.25) is 0 Å². The van der Waals surface area contributed by atoms with E-state index in [1.165, 1.54) is 35.2 Å². The molecule has 2 N–H and O–H groups in total. The summed E-state index contributed by atoms with van der Waals surface area (Å²) in [4.78, 5) is 17.9. The van der Waals surface area contributed by atoms with E-state index in [9.17, 15) is 13.2 Å². The average molecular weight is 512 g/mol. The summed E-state index contributed by atoms with van der Waals surface area (Å²) in [5.74, 6) is 0.764. The van der Waals surface area contributed by atoms with Gasteiger partial charge in [0.25, 0.3) is 10.0 Å². The van der Waals surface area contributed by atoms with Gasteiger partial charge in [0.1, 0.15) is 5.75 Å². The smallest absolute Gasteiger partial charge is 0.261 e. The largest absolute Gasteiger partial charge is 0.497 e. The molecule has 0 aliphatic heterocycles. The molecular formula is C24H21N3O4S3. The van der Waals surface area contributed by atoms with Crippen LogP contribution in [-0.2, 0) is 14.8 Å². The first-order valence-corrected chi connectivity index (χ1v) is 13.5. The Morgan fingerprint density at radius 3 is 2.53 bits per heavy atom. The molecule has 1 heterocycles. The molecule has 4 rings (SSSR count). The summed E-state index contributed by atoms with van der Waals surface area (Å²) >= 11 is 2.70. The summed E-state index contributed by atoms with van der Waals surface area (Å²) in [6.07, 6.45) is 0. The Morgan fingerprint density at radius 2 is 1.79 bits per heavy atom. The number of anilines is 2. The van der Waals surface area contributed by atoms with E-state index in [-0.39, 0.29) is 16.6 Å². The van der Waals surface area contributed by atoms with Crippen LogP contribution < -0.4 is 14.8 Å². The Labute approximate surface area is 206 Å². The minimum Gasteiger partial charge on any atom is -0.497 e. The molecule has 7 nitrogen and oxygen atoms in total. The topological polar surface area (TPSA) is 97.4 Å². The Hall–Kier alpha value is -3.34. The van der Waals surface area contributed by atoms with Gasteiger partial charge in [0.2, 0.25) is 5.91 Å². The first-order chi connectivity index (χ1) is 16.4. The van der Waals surface area contributed by atoms with Gasteiger partial charge >= 0.3 is 0 Å². The SMILES string of the molecule is COc1cccc(-c2csc(NC(=O)CSc3ccc(NS(=O)(=O)c4ccccc4)cc3)n2)c1. The molecule has 0 unspecified atom stereocenters. The first kappa shape index (κ1) is 23.8. The van der Waals surface area contributed by atoms with Crippen molar-refractivity contribution in [3.8, 4) is 17.0 Å². The van der Waals surface area contributed by atoms with Crippen molar-refractivity contribution in [2.24, 2.45) is 0 Å². The number of carbonyl (C=O) groups is 1. The number of hydrogen-bond acceptors (Lipinski definition) is 7. The molecule has 0 bridgehead atoms. The third kappa shape index (κ3) is 6.16. The van der Waals surface area contributed by atoms with Crippen LogP contribution in [0.1, 0.15) is 0 Å². The number of benzene rings is 3. The van der Waals surface area contributed by atoms with Gasteiger partial charge in [0.05, 0.1) is 23.5 Å². The number of amides is 1. The van der Waals surface area contributed by atoms with Crippen LogP contribution in [-0.4, -0.2) is 32.2 Å². The third-order valence-electron chi connectivity index (χ3n) is 4.65. The molecule has 0 aliphatic rings. The Kier molecular flexibility index (Phi) is 7.51. The van der Waals surface area contributed by atoms with Gasteiger partial charge in [-0.25, -0.2) is 13.4 Å². The number of carbonyl (C=O) groups excluding carboxylic acids is 1. The quantitative estimate of drug-likeness (QED) is 0.294. The van der Waals surface area contributed by atoms with Crippen LogP contribution >= 0.6 is 23.1 Å². The van der Waals surface area contributed by atoms with Crippen molar-refractivity contribution in [1.29, 1.82) is 0 Å².